The highest BCUT2D eigenvalue weighted by molar-refractivity contribution is 5.77. The van der Waals surface area contributed by atoms with Crippen molar-refractivity contribution in [2.75, 3.05) is 46.4 Å². The van der Waals surface area contributed by atoms with E-state index in [1.165, 1.54) is 6.92 Å². The van der Waals surface area contributed by atoms with E-state index in [1.54, 1.807) is 7.11 Å². The SMILES string of the molecule is COCCN1CCC(CNC(=O)CCNC(C)=O)CC1. The van der Waals surface area contributed by atoms with Crippen LogP contribution in [0.5, 0.6) is 0 Å². The third-order valence-corrected chi connectivity index (χ3v) is 3.63. The summed E-state index contributed by atoms with van der Waals surface area (Å²) in [5.41, 5.74) is 0. The summed E-state index contributed by atoms with van der Waals surface area (Å²) in [6, 6.07) is 0. The zero-order valence-electron chi connectivity index (χ0n) is 12.6. The van der Waals surface area contributed by atoms with E-state index in [0.717, 1.165) is 45.6 Å². The van der Waals surface area contributed by atoms with Crippen molar-refractivity contribution in [3.8, 4) is 0 Å². The molecule has 1 heterocycles. The molecule has 2 amide bonds. The second-order valence-corrected chi connectivity index (χ2v) is 5.31. The van der Waals surface area contributed by atoms with E-state index < -0.39 is 0 Å². The fraction of sp³-hybridized carbons (Fsp3) is 0.857. The number of likely N-dealkylation sites (tertiary alicyclic amines) is 1. The molecule has 20 heavy (non-hydrogen) atoms. The lowest BCUT2D eigenvalue weighted by Gasteiger charge is -2.31. The number of nitrogens with zero attached hydrogens (tertiary/aromatic N) is 1. The average molecular weight is 285 g/mol. The van der Waals surface area contributed by atoms with Gasteiger partial charge < -0.3 is 20.3 Å². The van der Waals surface area contributed by atoms with Crippen LogP contribution in [0.25, 0.3) is 0 Å². The van der Waals surface area contributed by atoms with Gasteiger partial charge in [-0.05, 0) is 31.8 Å². The van der Waals surface area contributed by atoms with Crippen molar-refractivity contribution >= 4 is 11.8 Å². The molecule has 1 rings (SSSR count). The van der Waals surface area contributed by atoms with E-state index in [2.05, 4.69) is 15.5 Å². The predicted molar refractivity (Wildman–Crippen MR) is 77.4 cm³/mol. The van der Waals surface area contributed by atoms with Crippen molar-refractivity contribution in [2.24, 2.45) is 5.92 Å². The highest BCUT2D eigenvalue weighted by Gasteiger charge is 2.19. The Labute approximate surface area is 121 Å². The Morgan fingerprint density at radius 1 is 1.25 bits per heavy atom. The van der Waals surface area contributed by atoms with Crippen LogP contribution in [0.4, 0.5) is 0 Å². The van der Waals surface area contributed by atoms with Crippen LogP contribution in [-0.2, 0) is 14.3 Å². The molecule has 1 fully saturated rings. The van der Waals surface area contributed by atoms with Crippen LogP contribution in [-0.4, -0.2) is 63.2 Å². The van der Waals surface area contributed by atoms with E-state index in [-0.39, 0.29) is 11.8 Å². The Morgan fingerprint density at radius 3 is 2.55 bits per heavy atom. The van der Waals surface area contributed by atoms with Gasteiger partial charge >= 0.3 is 0 Å². The molecule has 0 aromatic carbocycles. The number of methoxy groups -OCH3 is 1. The van der Waals surface area contributed by atoms with Gasteiger partial charge in [-0.1, -0.05) is 0 Å². The molecule has 116 valence electrons. The van der Waals surface area contributed by atoms with Gasteiger partial charge in [-0.25, -0.2) is 0 Å². The normalized spacial score (nSPS) is 16.9. The fourth-order valence-electron chi connectivity index (χ4n) is 2.33. The van der Waals surface area contributed by atoms with Gasteiger partial charge in [0.15, 0.2) is 0 Å². The van der Waals surface area contributed by atoms with Crippen molar-refractivity contribution in [1.82, 2.24) is 15.5 Å². The number of amides is 2. The molecular weight excluding hydrogens is 258 g/mol. The third-order valence-electron chi connectivity index (χ3n) is 3.63. The molecule has 0 atom stereocenters. The van der Waals surface area contributed by atoms with Gasteiger partial charge in [0.1, 0.15) is 0 Å². The molecule has 0 radical (unpaired) electrons. The molecule has 6 heteroatoms. The maximum absolute atomic E-state index is 11.6. The van der Waals surface area contributed by atoms with E-state index >= 15 is 0 Å². The summed E-state index contributed by atoms with van der Waals surface area (Å²) in [4.78, 5) is 24.7. The predicted octanol–water partition coefficient (Wildman–Crippen LogP) is -0.0128. The standard InChI is InChI=1S/C14H27N3O3/c1-12(18)15-6-3-14(19)16-11-13-4-7-17(8-5-13)9-10-20-2/h13H,3-11H2,1-2H3,(H,15,18)(H,16,19). The first kappa shape index (κ1) is 16.9. The summed E-state index contributed by atoms with van der Waals surface area (Å²) in [6.07, 6.45) is 2.59. The summed E-state index contributed by atoms with van der Waals surface area (Å²) in [5, 5.41) is 5.57. The summed E-state index contributed by atoms with van der Waals surface area (Å²) >= 11 is 0. The number of nitrogens with one attached hydrogen (secondary N) is 2. The molecule has 0 bridgehead atoms. The van der Waals surface area contributed by atoms with E-state index in [4.69, 9.17) is 4.74 Å². The first-order valence-electron chi connectivity index (χ1n) is 7.34. The molecule has 0 aromatic rings. The minimum Gasteiger partial charge on any atom is -0.383 e. The van der Waals surface area contributed by atoms with Crippen LogP contribution in [0, 0.1) is 5.92 Å². The fourth-order valence-corrected chi connectivity index (χ4v) is 2.33. The number of carbonyl (C=O) groups excluding carboxylic acids is 2. The van der Waals surface area contributed by atoms with Gasteiger partial charge in [0.25, 0.3) is 0 Å². The number of hydrogen-bond acceptors (Lipinski definition) is 4. The quantitative estimate of drug-likeness (QED) is 0.658. The number of piperidine rings is 1. The van der Waals surface area contributed by atoms with Gasteiger partial charge in [-0.2, -0.15) is 0 Å². The lowest BCUT2D eigenvalue weighted by Crippen LogP contribution is -2.40. The molecule has 0 aliphatic carbocycles. The van der Waals surface area contributed by atoms with Crippen molar-refractivity contribution < 1.29 is 14.3 Å². The van der Waals surface area contributed by atoms with Crippen LogP contribution in [0.2, 0.25) is 0 Å². The number of carbonyl (C=O) groups is 2. The van der Waals surface area contributed by atoms with Gasteiger partial charge in [0.2, 0.25) is 11.8 Å². The highest BCUT2D eigenvalue weighted by atomic mass is 16.5. The van der Waals surface area contributed by atoms with Gasteiger partial charge in [-0.15, -0.1) is 0 Å². The molecule has 0 saturated carbocycles. The first-order chi connectivity index (χ1) is 9.61. The lowest BCUT2D eigenvalue weighted by molar-refractivity contribution is -0.121. The Hall–Kier alpha value is -1.14. The molecule has 1 aliphatic heterocycles. The highest BCUT2D eigenvalue weighted by Crippen LogP contribution is 2.15. The lowest BCUT2D eigenvalue weighted by atomic mass is 9.97. The summed E-state index contributed by atoms with van der Waals surface area (Å²) in [5.74, 6) is 0.486. The van der Waals surface area contributed by atoms with Gasteiger partial charge in [-0.3, -0.25) is 9.59 Å². The Balaban J connectivity index is 2.05. The molecular formula is C14H27N3O3. The molecule has 0 unspecified atom stereocenters. The molecule has 0 spiro atoms. The van der Waals surface area contributed by atoms with Crippen LogP contribution in [0.3, 0.4) is 0 Å². The number of rotatable bonds is 8. The maximum atomic E-state index is 11.6. The van der Waals surface area contributed by atoms with Crippen LogP contribution in [0.15, 0.2) is 0 Å². The average Bonchev–Trinajstić information content (AvgIpc) is 2.43. The summed E-state index contributed by atoms with van der Waals surface area (Å²) in [6.45, 7) is 6.55. The van der Waals surface area contributed by atoms with Crippen molar-refractivity contribution in [1.29, 1.82) is 0 Å². The zero-order valence-corrected chi connectivity index (χ0v) is 12.6. The Morgan fingerprint density at radius 2 is 1.95 bits per heavy atom. The number of hydrogen-bond donors (Lipinski definition) is 2. The topological polar surface area (TPSA) is 70.7 Å². The largest absolute Gasteiger partial charge is 0.383 e. The number of ether oxygens (including phenoxy) is 1. The van der Waals surface area contributed by atoms with Gasteiger partial charge in [0, 0.05) is 40.1 Å². The van der Waals surface area contributed by atoms with Crippen LogP contribution >= 0.6 is 0 Å². The molecule has 1 saturated heterocycles. The van der Waals surface area contributed by atoms with Crippen molar-refractivity contribution in [2.45, 2.75) is 26.2 Å². The molecule has 0 aromatic heterocycles. The van der Waals surface area contributed by atoms with Crippen LogP contribution < -0.4 is 10.6 Å². The maximum Gasteiger partial charge on any atom is 0.221 e. The summed E-state index contributed by atoms with van der Waals surface area (Å²) < 4.78 is 5.08. The molecule has 1 aliphatic rings. The van der Waals surface area contributed by atoms with Crippen molar-refractivity contribution in [3.63, 3.8) is 0 Å². The minimum atomic E-state index is -0.0961. The summed E-state index contributed by atoms with van der Waals surface area (Å²) in [7, 11) is 1.73. The van der Waals surface area contributed by atoms with E-state index in [0.29, 0.717) is 18.9 Å². The van der Waals surface area contributed by atoms with E-state index in [9.17, 15) is 9.59 Å². The molecule has 6 nitrogen and oxygen atoms in total. The minimum absolute atomic E-state index is 0.0144. The first-order valence-corrected chi connectivity index (χ1v) is 7.34. The second-order valence-electron chi connectivity index (χ2n) is 5.31. The van der Waals surface area contributed by atoms with Crippen LogP contribution in [0.1, 0.15) is 26.2 Å². The van der Waals surface area contributed by atoms with Crippen molar-refractivity contribution in [3.05, 3.63) is 0 Å². The van der Waals surface area contributed by atoms with E-state index in [1.807, 2.05) is 0 Å². The Kier molecular flexibility index (Phi) is 8.22. The third kappa shape index (κ3) is 7.45. The Bertz CT molecular complexity index is 302. The smallest absolute Gasteiger partial charge is 0.221 e. The zero-order chi connectivity index (χ0) is 14.8. The monoisotopic (exact) mass is 285 g/mol. The second kappa shape index (κ2) is 9.72. The molecule has 2 N–H and O–H groups in total. The van der Waals surface area contributed by atoms with Gasteiger partial charge in [0.05, 0.1) is 6.61 Å².